The lowest BCUT2D eigenvalue weighted by molar-refractivity contribution is -0.126. The number of aromatic nitrogens is 1. The van der Waals surface area contributed by atoms with Crippen molar-refractivity contribution in [2.75, 3.05) is 13.2 Å². The lowest BCUT2D eigenvalue weighted by atomic mass is 10.1. The average molecular weight is 429 g/mol. The maximum Gasteiger partial charge on any atom is 0.290 e. The molecule has 0 unspecified atom stereocenters. The number of hydrogen-bond acceptors (Lipinski definition) is 6. The molecule has 9 heteroatoms. The summed E-state index contributed by atoms with van der Waals surface area (Å²) in [5.41, 5.74) is 0.915. The molecule has 0 aliphatic heterocycles. The van der Waals surface area contributed by atoms with Crippen LogP contribution >= 0.6 is 0 Å². The molecule has 1 aliphatic carbocycles. The molecule has 0 bridgehead atoms. The summed E-state index contributed by atoms with van der Waals surface area (Å²) in [7, 11) is 0. The van der Waals surface area contributed by atoms with E-state index in [1.165, 1.54) is 0 Å². The summed E-state index contributed by atoms with van der Waals surface area (Å²) in [6, 6.07) is 14.3. The van der Waals surface area contributed by atoms with E-state index >= 15 is 0 Å². The van der Waals surface area contributed by atoms with E-state index in [1.54, 1.807) is 18.3 Å². The van der Waals surface area contributed by atoms with Gasteiger partial charge >= 0.3 is 0 Å². The fourth-order valence-corrected chi connectivity index (χ4v) is 3.30. The van der Waals surface area contributed by atoms with Gasteiger partial charge in [-0.1, -0.05) is 24.3 Å². The lowest BCUT2D eigenvalue weighted by Gasteiger charge is -2.16. The highest BCUT2D eigenvalue weighted by molar-refractivity contribution is 5.80. The summed E-state index contributed by atoms with van der Waals surface area (Å²) in [5, 5.41) is 22.7. The fourth-order valence-electron chi connectivity index (χ4n) is 3.30. The van der Waals surface area contributed by atoms with Crippen LogP contribution < -0.4 is 15.4 Å². The molecule has 3 atom stereocenters. The molecule has 1 aliphatic rings. The van der Waals surface area contributed by atoms with E-state index in [0.717, 1.165) is 5.69 Å². The third kappa shape index (κ3) is 8.43. The quantitative estimate of drug-likeness (QED) is 0.455. The number of hydrogen-bond donors (Lipinski definition) is 4. The van der Waals surface area contributed by atoms with E-state index in [-0.39, 0.29) is 30.8 Å². The summed E-state index contributed by atoms with van der Waals surface area (Å²) in [5.74, 6) is -0.134. The zero-order valence-corrected chi connectivity index (χ0v) is 17.0. The molecule has 0 spiro atoms. The predicted octanol–water partition coefficient (Wildman–Crippen LogP) is 0.776. The van der Waals surface area contributed by atoms with Crippen molar-refractivity contribution in [2.24, 2.45) is 5.92 Å². The number of para-hydroxylation sites is 1. The highest BCUT2D eigenvalue weighted by atomic mass is 16.5. The molecule has 1 saturated carbocycles. The molecule has 9 nitrogen and oxygen atoms in total. The van der Waals surface area contributed by atoms with E-state index in [9.17, 15) is 14.7 Å². The molecule has 1 aromatic carbocycles. The smallest absolute Gasteiger partial charge is 0.290 e. The van der Waals surface area contributed by atoms with Gasteiger partial charge < -0.3 is 25.6 Å². The van der Waals surface area contributed by atoms with Gasteiger partial charge in [0.25, 0.3) is 12.4 Å². The first kappa shape index (κ1) is 23.8. The van der Waals surface area contributed by atoms with Crippen LogP contribution in [0.4, 0.5) is 0 Å². The molecule has 0 saturated heterocycles. The Morgan fingerprint density at radius 3 is 2.52 bits per heavy atom. The SMILES string of the molecule is O=C(COc1ccccc1)N[C@@H]1C[C@H](C(=O)NCCc2ccccn2)C[C@H]1O.O=CO. The van der Waals surface area contributed by atoms with Crippen LogP contribution in [0.15, 0.2) is 54.7 Å². The van der Waals surface area contributed by atoms with E-state index in [1.807, 2.05) is 36.4 Å². The Kier molecular flexibility index (Phi) is 9.96. The largest absolute Gasteiger partial charge is 0.484 e. The first-order chi connectivity index (χ1) is 15.0. The third-order valence-electron chi connectivity index (χ3n) is 4.77. The van der Waals surface area contributed by atoms with E-state index in [2.05, 4.69) is 15.6 Å². The van der Waals surface area contributed by atoms with E-state index in [4.69, 9.17) is 14.6 Å². The van der Waals surface area contributed by atoms with Crippen LogP contribution in [-0.4, -0.2) is 58.8 Å². The maximum atomic E-state index is 12.3. The van der Waals surface area contributed by atoms with Crippen molar-refractivity contribution in [3.8, 4) is 5.75 Å². The Hall–Kier alpha value is -3.46. The number of nitrogens with one attached hydrogen (secondary N) is 2. The Morgan fingerprint density at radius 2 is 1.84 bits per heavy atom. The Labute approximate surface area is 180 Å². The average Bonchev–Trinajstić information content (AvgIpc) is 3.14. The van der Waals surface area contributed by atoms with Crippen molar-refractivity contribution in [3.63, 3.8) is 0 Å². The van der Waals surface area contributed by atoms with Crippen molar-refractivity contribution in [3.05, 3.63) is 60.4 Å². The highest BCUT2D eigenvalue weighted by Crippen LogP contribution is 2.26. The van der Waals surface area contributed by atoms with Crippen LogP contribution in [-0.2, 0) is 20.8 Å². The molecule has 1 fully saturated rings. The molecule has 4 N–H and O–H groups in total. The minimum atomic E-state index is -0.743. The van der Waals surface area contributed by atoms with Gasteiger partial charge in [0.15, 0.2) is 6.61 Å². The topological polar surface area (TPSA) is 138 Å². The lowest BCUT2D eigenvalue weighted by Crippen LogP contribution is -2.42. The number of amides is 2. The Bertz CT molecular complexity index is 819. The predicted molar refractivity (Wildman–Crippen MR) is 112 cm³/mol. The summed E-state index contributed by atoms with van der Waals surface area (Å²) in [4.78, 5) is 37.0. The number of carbonyl (C=O) groups excluding carboxylic acids is 2. The van der Waals surface area contributed by atoms with Gasteiger partial charge in [-0.2, -0.15) is 0 Å². The Morgan fingerprint density at radius 1 is 1.13 bits per heavy atom. The number of carbonyl (C=O) groups is 3. The van der Waals surface area contributed by atoms with Gasteiger partial charge in [-0.15, -0.1) is 0 Å². The zero-order valence-electron chi connectivity index (χ0n) is 17.0. The van der Waals surface area contributed by atoms with E-state index < -0.39 is 12.1 Å². The van der Waals surface area contributed by atoms with E-state index in [0.29, 0.717) is 31.6 Å². The second-order valence-corrected chi connectivity index (χ2v) is 6.98. The summed E-state index contributed by atoms with van der Waals surface area (Å²) in [6.45, 7) is 0.110. The van der Waals surface area contributed by atoms with Crippen molar-refractivity contribution in [2.45, 2.75) is 31.4 Å². The molecule has 3 rings (SSSR count). The molecule has 1 aromatic heterocycles. The number of nitrogens with zero attached hydrogens (tertiary/aromatic N) is 1. The molecule has 166 valence electrons. The second kappa shape index (κ2) is 13.0. The molecule has 2 aromatic rings. The normalized spacial score (nSPS) is 19.5. The van der Waals surface area contributed by atoms with Crippen LogP contribution in [0.5, 0.6) is 5.75 Å². The Balaban J connectivity index is 0.00000107. The minimum absolute atomic E-state index is 0.104. The molecular weight excluding hydrogens is 402 g/mol. The van der Waals surface area contributed by atoms with Gasteiger partial charge in [0, 0.05) is 30.8 Å². The first-order valence-electron chi connectivity index (χ1n) is 9.94. The molecule has 1 heterocycles. The summed E-state index contributed by atoms with van der Waals surface area (Å²) >= 11 is 0. The van der Waals surface area contributed by atoms with Crippen LogP contribution in [0.25, 0.3) is 0 Å². The monoisotopic (exact) mass is 429 g/mol. The molecular formula is C22H27N3O6. The van der Waals surface area contributed by atoms with Gasteiger partial charge in [-0.05, 0) is 37.1 Å². The van der Waals surface area contributed by atoms with Crippen molar-refractivity contribution in [1.29, 1.82) is 0 Å². The molecule has 2 amide bonds. The first-order valence-corrected chi connectivity index (χ1v) is 9.94. The number of aliphatic hydroxyl groups excluding tert-OH is 1. The number of aliphatic hydroxyl groups is 1. The van der Waals surface area contributed by atoms with Gasteiger partial charge in [0.2, 0.25) is 5.91 Å². The van der Waals surface area contributed by atoms with Crippen LogP contribution in [0.3, 0.4) is 0 Å². The molecule has 31 heavy (non-hydrogen) atoms. The van der Waals surface area contributed by atoms with Gasteiger partial charge in [-0.3, -0.25) is 19.4 Å². The third-order valence-corrected chi connectivity index (χ3v) is 4.77. The second-order valence-electron chi connectivity index (χ2n) is 6.98. The van der Waals surface area contributed by atoms with Gasteiger partial charge in [0.05, 0.1) is 12.1 Å². The van der Waals surface area contributed by atoms with Crippen molar-refractivity contribution in [1.82, 2.24) is 15.6 Å². The summed E-state index contributed by atoms with van der Waals surface area (Å²) < 4.78 is 5.40. The highest BCUT2D eigenvalue weighted by Gasteiger charge is 2.37. The number of ether oxygens (including phenoxy) is 1. The number of pyridine rings is 1. The van der Waals surface area contributed by atoms with Gasteiger partial charge in [0.1, 0.15) is 5.75 Å². The van der Waals surface area contributed by atoms with Gasteiger partial charge in [-0.25, -0.2) is 0 Å². The minimum Gasteiger partial charge on any atom is -0.484 e. The number of benzene rings is 1. The number of rotatable bonds is 8. The fraction of sp³-hybridized carbons (Fsp3) is 0.364. The van der Waals surface area contributed by atoms with Crippen LogP contribution in [0.2, 0.25) is 0 Å². The summed E-state index contributed by atoms with van der Waals surface area (Å²) in [6.07, 6.45) is 2.37. The number of carboxylic acid groups (broad SMARTS) is 1. The van der Waals surface area contributed by atoms with Crippen molar-refractivity contribution < 1.29 is 29.3 Å². The molecule has 0 radical (unpaired) electrons. The maximum absolute atomic E-state index is 12.3. The standard InChI is InChI=1S/C21H25N3O4.CH2O2/c25-19-13-15(21(27)23-11-9-16-6-4-5-10-22-16)12-18(19)24-20(26)14-28-17-7-2-1-3-8-17;2-1-3/h1-8,10,15,18-19,25H,9,11-14H2,(H,23,27)(H,24,26);1H,(H,2,3)/t15-,18+,19+;/m0./s1. The van der Waals surface area contributed by atoms with Crippen molar-refractivity contribution >= 4 is 18.3 Å². The van der Waals surface area contributed by atoms with Crippen LogP contribution in [0, 0.1) is 5.92 Å². The van der Waals surface area contributed by atoms with Crippen LogP contribution in [0.1, 0.15) is 18.5 Å². The zero-order chi connectivity index (χ0) is 22.5.